The molecular formula is C31H36ClN3O2. The second kappa shape index (κ2) is 13.3. The predicted octanol–water partition coefficient (Wildman–Crippen LogP) is 7.31. The Hall–Kier alpha value is -3.31. The van der Waals surface area contributed by atoms with E-state index in [1.165, 1.54) is 16.6 Å². The summed E-state index contributed by atoms with van der Waals surface area (Å²) in [6.07, 6.45) is 5.97. The van der Waals surface area contributed by atoms with E-state index in [0.717, 1.165) is 62.2 Å². The highest BCUT2D eigenvalue weighted by Crippen LogP contribution is 2.21. The number of fused-ring (bicyclic) bond motifs is 1. The molecule has 0 saturated heterocycles. The Balaban J connectivity index is 1.22. The maximum atomic E-state index is 12.2. The lowest BCUT2D eigenvalue weighted by atomic mass is 10.1. The van der Waals surface area contributed by atoms with Crippen LogP contribution in [-0.2, 0) is 13.0 Å². The molecule has 4 aromatic rings. The number of unbranched alkanes of at least 4 members (excludes halogenated alkanes) is 3. The van der Waals surface area contributed by atoms with Crippen molar-refractivity contribution in [3.8, 4) is 5.75 Å². The first-order valence-electron chi connectivity index (χ1n) is 13.2. The molecule has 3 aromatic carbocycles. The number of hydrogen-bond acceptors (Lipinski definition) is 3. The van der Waals surface area contributed by atoms with E-state index >= 15 is 0 Å². The quantitative estimate of drug-likeness (QED) is 0.189. The number of imidazole rings is 1. The van der Waals surface area contributed by atoms with Gasteiger partial charge in [-0.2, -0.15) is 0 Å². The third-order valence-corrected chi connectivity index (χ3v) is 6.82. The van der Waals surface area contributed by atoms with Gasteiger partial charge in [0.1, 0.15) is 11.6 Å². The minimum absolute atomic E-state index is 0.0556. The van der Waals surface area contributed by atoms with Crippen molar-refractivity contribution in [1.29, 1.82) is 0 Å². The molecule has 1 N–H and O–H groups in total. The minimum Gasteiger partial charge on any atom is -0.493 e. The SMILES string of the molecule is Cc1ccc(OCCCCn2c(CCCCCNC(=O)c3ccc(Cl)cc3)nc3ccccc32)c(C)c1. The monoisotopic (exact) mass is 517 g/mol. The highest BCUT2D eigenvalue weighted by molar-refractivity contribution is 6.30. The lowest BCUT2D eigenvalue weighted by molar-refractivity contribution is 0.0953. The molecule has 5 nitrogen and oxygen atoms in total. The van der Waals surface area contributed by atoms with Crippen LogP contribution in [0.1, 0.15) is 59.4 Å². The van der Waals surface area contributed by atoms with Crippen LogP contribution < -0.4 is 10.1 Å². The normalized spacial score (nSPS) is 11.1. The summed E-state index contributed by atoms with van der Waals surface area (Å²) < 4.78 is 8.39. The van der Waals surface area contributed by atoms with Crippen LogP contribution in [0.15, 0.2) is 66.7 Å². The Morgan fingerprint density at radius 2 is 1.76 bits per heavy atom. The lowest BCUT2D eigenvalue weighted by Gasteiger charge is -2.12. The Morgan fingerprint density at radius 1 is 0.946 bits per heavy atom. The number of carbonyl (C=O) groups excluding carboxylic acids is 1. The van der Waals surface area contributed by atoms with Crippen molar-refractivity contribution in [2.75, 3.05) is 13.2 Å². The van der Waals surface area contributed by atoms with Crippen LogP contribution in [0.5, 0.6) is 5.75 Å². The number of halogens is 1. The molecule has 0 aliphatic carbocycles. The number of benzene rings is 3. The van der Waals surface area contributed by atoms with Gasteiger partial charge in [-0.25, -0.2) is 4.98 Å². The van der Waals surface area contributed by atoms with Gasteiger partial charge in [0.15, 0.2) is 0 Å². The number of aromatic nitrogens is 2. The van der Waals surface area contributed by atoms with Crippen LogP contribution in [-0.4, -0.2) is 28.6 Å². The molecule has 0 aliphatic rings. The molecular weight excluding hydrogens is 482 g/mol. The average molecular weight is 518 g/mol. The fourth-order valence-corrected chi connectivity index (χ4v) is 4.70. The number of ether oxygens (including phenoxy) is 1. The number of nitrogens with zero attached hydrogens (tertiary/aromatic N) is 2. The Labute approximate surface area is 224 Å². The topological polar surface area (TPSA) is 56.1 Å². The van der Waals surface area contributed by atoms with Gasteiger partial charge in [0, 0.05) is 30.1 Å². The first-order chi connectivity index (χ1) is 18.0. The number of para-hydroxylation sites is 2. The molecule has 0 aliphatic heterocycles. The molecule has 37 heavy (non-hydrogen) atoms. The molecule has 194 valence electrons. The lowest BCUT2D eigenvalue weighted by Crippen LogP contribution is -2.24. The molecule has 6 heteroatoms. The van der Waals surface area contributed by atoms with Crippen molar-refractivity contribution in [2.24, 2.45) is 0 Å². The largest absolute Gasteiger partial charge is 0.493 e. The van der Waals surface area contributed by atoms with Crippen LogP contribution >= 0.6 is 11.6 Å². The summed E-state index contributed by atoms with van der Waals surface area (Å²) in [5, 5.41) is 3.63. The number of aryl methyl sites for hydroxylation is 4. The summed E-state index contributed by atoms with van der Waals surface area (Å²) >= 11 is 5.90. The zero-order valence-corrected chi connectivity index (χ0v) is 22.6. The van der Waals surface area contributed by atoms with Gasteiger partial charge in [-0.15, -0.1) is 0 Å². The van der Waals surface area contributed by atoms with Gasteiger partial charge >= 0.3 is 0 Å². The van der Waals surface area contributed by atoms with E-state index in [9.17, 15) is 4.79 Å². The number of rotatable bonds is 13. The zero-order valence-electron chi connectivity index (χ0n) is 21.8. The van der Waals surface area contributed by atoms with Crippen molar-refractivity contribution in [3.05, 3.63) is 94.3 Å². The zero-order chi connectivity index (χ0) is 26.0. The highest BCUT2D eigenvalue weighted by atomic mass is 35.5. The number of carbonyl (C=O) groups is 1. The Morgan fingerprint density at radius 3 is 2.57 bits per heavy atom. The van der Waals surface area contributed by atoms with E-state index in [-0.39, 0.29) is 5.91 Å². The maximum absolute atomic E-state index is 12.2. The van der Waals surface area contributed by atoms with Gasteiger partial charge in [-0.1, -0.05) is 47.9 Å². The minimum atomic E-state index is -0.0556. The second-order valence-corrected chi connectivity index (χ2v) is 10.0. The van der Waals surface area contributed by atoms with Gasteiger partial charge in [-0.05, 0) is 87.6 Å². The molecule has 0 atom stereocenters. The number of hydrogen-bond donors (Lipinski definition) is 1. The van der Waals surface area contributed by atoms with Gasteiger partial charge in [0.05, 0.1) is 17.6 Å². The van der Waals surface area contributed by atoms with Crippen LogP contribution in [0, 0.1) is 13.8 Å². The van der Waals surface area contributed by atoms with Gasteiger partial charge in [0.2, 0.25) is 0 Å². The maximum Gasteiger partial charge on any atom is 0.251 e. The summed E-state index contributed by atoms with van der Waals surface area (Å²) in [6, 6.07) is 21.7. The van der Waals surface area contributed by atoms with Crippen LogP contribution in [0.3, 0.4) is 0 Å². The van der Waals surface area contributed by atoms with Crippen LogP contribution in [0.25, 0.3) is 11.0 Å². The Bertz CT molecular complexity index is 1310. The van der Waals surface area contributed by atoms with Crippen molar-refractivity contribution in [3.63, 3.8) is 0 Å². The van der Waals surface area contributed by atoms with E-state index in [1.807, 2.05) is 6.07 Å². The van der Waals surface area contributed by atoms with Crippen molar-refractivity contribution in [1.82, 2.24) is 14.9 Å². The van der Waals surface area contributed by atoms with Gasteiger partial charge in [-0.3, -0.25) is 4.79 Å². The summed E-state index contributed by atoms with van der Waals surface area (Å²) in [5.74, 6) is 2.06. The van der Waals surface area contributed by atoms with Gasteiger partial charge in [0.25, 0.3) is 5.91 Å². The van der Waals surface area contributed by atoms with E-state index in [1.54, 1.807) is 24.3 Å². The predicted molar refractivity (Wildman–Crippen MR) is 152 cm³/mol. The second-order valence-electron chi connectivity index (χ2n) is 9.57. The Kier molecular flexibility index (Phi) is 9.61. The molecule has 0 saturated carbocycles. The van der Waals surface area contributed by atoms with Crippen molar-refractivity contribution in [2.45, 2.75) is 58.9 Å². The molecule has 1 heterocycles. The molecule has 0 bridgehead atoms. The number of amides is 1. The number of nitrogens with one attached hydrogen (secondary N) is 1. The molecule has 1 aromatic heterocycles. The third kappa shape index (κ3) is 7.59. The summed E-state index contributed by atoms with van der Waals surface area (Å²) in [6.45, 7) is 6.51. The molecule has 0 unspecified atom stereocenters. The van der Waals surface area contributed by atoms with Gasteiger partial charge < -0.3 is 14.6 Å². The standard InChI is InChI=1S/C31H36ClN3O2/c1-23-13-18-29(24(2)22-23)37-21-9-8-20-35-28-11-6-5-10-27(28)34-30(35)12-4-3-7-19-33-31(36)25-14-16-26(32)17-15-25/h5-6,10-11,13-18,22H,3-4,7-9,12,19-21H2,1-2H3,(H,33,36). The molecule has 0 fully saturated rings. The average Bonchev–Trinajstić information content (AvgIpc) is 3.24. The highest BCUT2D eigenvalue weighted by Gasteiger charge is 2.10. The fraction of sp³-hybridized carbons (Fsp3) is 0.355. The molecule has 0 spiro atoms. The van der Waals surface area contributed by atoms with Crippen molar-refractivity contribution < 1.29 is 9.53 Å². The molecule has 0 radical (unpaired) electrons. The van der Waals surface area contributed by atoms with E-state index < -0.39 is 0 Å². The van der Waals surface area contributed by atoms with Crippen LogP contribution in [0.4, 0.5) is 0 Å². The summed E-state index contributed by atoms with van der Waals surface area (Å²) in [4.78, 5) is 17.2. The van der Waals surface area contributed by atoms with E-state index in [0.29, 0.717) is 23.7 Å². The molecule has 4 rings (SSSR count). The third-order valence-electron chi connectivity index (χ3n) is 6.57. The molecule has 1 amide bonds. The summed E-state index contributed by atoms with van der Waals surface area (Å²) in [5.41, 5.74) is 5.33. The smallest absolute Gasteiger partial charge is 0.251 e. The van der Waals surface area contributed by atoms with Crippen LogP contribution in [0.2, 0.25) is 5.02 Å². The first kappa shape index (κ1) is 26.7. The fourth-order valence-electron chi connectivity index (χ4n) is 4.57. The summed E-state index contributed by atoms with van der Waals surface area (Å²) in [7, 11) is 0. The van der Waals surface area contributed by atoms with E-state index in [4.69, 9.17) is 21.3 Å². The van der Waals surface area contributed by atoms with E-state index in [2.05, 4.69) is 60.1 Å². The van der Waals surface area contributed by atoms with Crippen molar-refractivity contribution >= 4 is 28.5 Å². The first-order valence-corrected chi connectivity index (χ1v) is 13.6.